The van der Waals surface area contributed by atoms with E-state index in [1.807, 2.05) is 12.1 Å². The number of rotatable bonds is 3. The predicted octanol–water partition coefficient (Wildman–Crippen LogP) is 2.61. The number of aromatic hydroxyl groups is 1. The van der Waals surface area contributed by atoms with Crippen LogP contribution in [0.1, 0.15) is 27.0 Å². The van der Waals surface area contributed by atoms with Crippen molar-refractivity contribution in [2.24, 2.45) is 0 Å². The number of phenols is 1. The summed E-state index contributed by atoms with van der Waals surface area (Å²) in [4.78, 5) is 13.4. The van der Waals surface area contributed by atoms with Crippen LogP contribution in [0.15, 0.2) is 42.5 Å². The maximum atomic E-state index is 11.2. The molecule has 1 aliphatic rings. The molecule has 2 N–H and O–H groups in total. The van der Waals surface area contributed by atoms with Gasteiger partial charge < -0.3 is 10.2 Å². The molecule has 0 saturated carbocycles. The van der Waals surface area contributed by atoms with Crippen molar-refractivity contribution in [2.75, 3.05) is 0 Å². The van der Waals surface area contributed by atoms with Crippen LogP contribution in [0, 0.1) is 0 Å². The molecule has 0 bridgehead atoms. The minimum atomic E-state index is -1.01. The molecular weight excluding hydrogens is 254 g/mol. The van der Waals surface area contributed by atoms with Crippen molar-refractivity contribution in [1.29, 1.82) is 0 Å². The van der Waals surface area contributed by atoms with Crippen LogP contribution in [-0.2, 0) is 19.6 Å². The molecule has 4 nitrogen and oxygen atoms in total. The highest BCUT2D eigenvalue weighted by Gasteiger charge is 2.20. The Bertz CT molecular complexity index is 642. The molecule has 0 atom stereocenters. The van der Waals surface area contributed by atoms with Crippen LogP contribution in [0.4, 0.5) is 0 Å². The summed E-state index contributed by atoms with van der Waals surface area (Å²) in [7, 11) is 0. The molecule has 1 heterocycles. The van der Waals surface area contributed by atoms with Gasteiger partial charge in [-0.15, -0.1) is 0 Å². The number of carbonyl (C=O) groups is 1. The van der Waals surface area contributed by atoms with E-state index in [1.165, 1.54) is 23.3 Å². The Balaban J connectivity index is 1.82. The van der Waals surface area contributed by atoms with Crippen LogP contribution in [0.3, 0.4) is 0 Å². The lowest BCUT2D eigenvalue weighted by molar-refractivity contribution is 0.0694. The van der Waals surface area contributed by atoms with Gasteiger partial charge in [-0.25, -0.2) is 4.79 Å². The van der Waals surface area contributed by atoms with Gasteiger partial charge in [0.05, 0.1) is 5.56 Å². The Hall–Kier alpha value is -2.33. The molecular formula is C16H15NO3. The Labute approximate surface area is 116 Å². The fourth-order valence-corrected chi connectivity index (χ4v) is 2.66. The molecule has 2 aromatic carbocycles. The minimum Gasteiger partial charge on any atom is -0.508 e. The number of aromatic carboxylic acids is 1. The monoisotopic (exact) mass is 269 g/mol. The van der Waals surface area contributed by atoms with Gasteiger partial charge in [-0.3, -0.25) is 4.90 Å². The maximum Gasteiger partial charge on any atom is 0.336 e. The third-order valence-corrected chi connectivity index (χ3v) is 3.62. The lowest BCUT2D eigenvalue weighted by atomic mass is 10.1. The summed E-state index contributed by atoms with van der Waals surface area (Å²) in [6.45, 7) is 2.23. The van der Waals surface area contributed by atoms with E-state index < -0.39 is 5.97 Å². The quantitative estimate of drug-likeness (QED) is 0.899. The second-order valence-corrected chi connectivity index (χ2v) is 5.06. The second kappa shape index (κ2) is 4.98. The molecule has 0 radical (unpaired) electrons. The minimum absolute atomic E-state index is 0.0177. The first kappa shape index (κ1) is 12.7. The maximum absolute atomic E-state index is 11.2. The molecule has 0 unspecified atom stereocenters. The highest BCUT2D eigenvalue weighted by atomic mass is 16.4. The zero-order chi connectivity index (χ0) is 14.1. The molecule has 0 fully saturated rings. The molecule has 1 aliphatic heterocycles. The molecule has 20 heavy (non-hydrogen) atoms. The second-order valence-electron chi connectivity index (χ2n) is 5.06. The van der Waals surface area contributed by atoms with Gasteiger partial charge in [0.1, 0.15) is 5.75 Å². The highest BCUT2D eigenvalue weighted by molar-refractivity contribution is 5.89. The fourth-order valence-electron chi connectivity index (χ4n) is 2.66. The molecule has 2 aromatic rings. The Morgan fingerprint density at radius 2 is 1.75 bits per heavy atom. The lowest BCUT2D eigenvalue weighted by Crippen LogP contribution is -2.17. The van der Waals surface area contributed by atoms with E-state index in [0.717, 1.165) is 18.7 Å². The van der Waals surface area contributed by atoms with Crippen LogP contribution in [-0.4, -0.2) is 21.1 Å². The van der Waals surface area contributed by atoms with Gasteiger partial charge in [-0.2, -0.15) is 0 Å². The Morgan fingerprint density at radius 1 is 1.10 bits per heavy atom. The summed E-state index contributed by atoms with van der Waals surface area (Å²) in [5.74, 6) is -1.02. The van der Waals surface area contributed by atoms with Gasteiger partial charge in [0.25, 0.3) is 0 Å². The molecule has 102 valence electrons. The number of carboxylic acids is 1. The van der Waals surface area contributed by atoms with Crippen molar-refractivity contribution < 1.29 is 15.0 Å². The van der Waals surface area contributed by atoms with E-state index in [-0.39, 0.29) is 11.3 Å². The molecule has 0 spiro atoms. The number of hydrogen-bond acceptors (Lipinski definition) is 3. The topological polar surface area (TPSA) is 60.8 Å². The molecule has 0 aromatic heterocycles. The SMILES string of the molecule is O=C(O)c1cc(O)ccc1CN1Cc2ccccc2C1. The van der Waals surface area contributed by atoms with E-state index in [9.17, 15) is 15.0 Å². The number of fused-ring (bicyclic) bond motifs is 1. The van der Waals surface area contributed by atoms with Crippen LogP contribution in [0.5, 0.6) is 5.75 Å². The zero-order valence-corrected chi connectivity index (χ0v) is 10.9. The zero-order valence-electron chi connectivity index (χ0n) is 10.9. The fraction of sp³-hybridized carbons (Fsp3) is 0.188. The van der Waals surface area contributed by atoms with Crippen LogP contribution >= 0.6 is 0 Å². The number of benzene rings is 2. The van der Waals surface area contributed by atoms with E-state index in [0.29, 0.717) is 6.54 Å². The third kappa shape index (κ3) is 2.38. The first-order chi connectivity index (χ1) is 9.63. The Kier molecular flexibility index (Phi) is 3.16. The largest absolute Gasteiger partial charge is 0.508 e. The van der Waals surface area contributed by atoms with E-state index in [1.54, 1.807) is 6.07 Å². The van der Waals surface area contributed by atoms with Crippen LogP contribution in [0.25, 0.3) is 0 Å². The number of carboxylic acid groups (broad SMARTS) is 1. The molecule has 4 heteroatoms. The summed E-state index contributed by atoms with van der Waals surface area (Å²) in [5, 5.41) is 18.6. The molecule has 0 aliphatic carbocycles. The molecule has 0 saturated heterocycles. The normalized spacial score (nSPS) is 14.2. The van der Waals surface area contributed by atoms with Gasteiger partial charge in [0.2, 0.25) is 0 Å². The summed E-state index contributed by atoms with van der Waals surface area (Å²) >= 11 is 0. The summed E-state index contributed by atoms with van der Waals surface area (Å²) in [6, 6.07) is 12.8. The van der Waals surface area contributed by atoms with Crippen molar-refractivity contribution in [2.45, 2.75) is 19.6 Å². The van der Waals surface area contributed by atoms with Gasteiger partial charge in [0.15, 0.2) is 0 Å². The van der Waals surface area contributed by atoms with Crippen LogP contribution in [0.2, 0.25) is 0 Å². The molecule has 0 amide bonds. The summed E-state index contributed by atoms with van der Waals surface area (Å²) in [6.07, 6.45) is 0. The highest BCUT2D eigenvalue weighted by Crippen LogP contribution is 2.26. The van der Waals surface area contributed by atoms with Crippen molar-refractivity contribution in [3.8, 4) is 5.75 Å². The lowest BCUT2D eigenvalue weighted by Gasteiger charge is -2.16. The average molecular weight is 269 g/mol. The third-order valence-electron chi connectivity index (χ3n) is 3.62. The number of hydrogen-bond donors (Lipinski definition) is 2. The van der Waals surface area contributed by atoms with Crippen molar-refractivity contribution >= 4 is 5.97 Å². The standard InChI is InChI=1S/C16H15NO3/c18-14-6-5-13(15(7-14)16(19)20)10-17-8-11-3-1-2-4-12(11)9-17/h1-7,18H,8-10H2,(H,19,20). The van der Waals surface area contributed by atoms with E-state index in [4.69, 9.17) is 0 Å². The smallest absolute Gasteiger partial charge is 0.336 e. The first-order valence-electron chi connectivity index (χ1n) is 6.48. The van der Waals surface area contributed by atoms with E-state index in [2.05, 4.69) is 17.0 Å². The number of nitrogens with zero attached hydrogens (tertiary/aromatic N) is 1. The van der Waals surface area contributed by atoms with Crippen molar-refractivity contribution in [1.82, 2.24) is 4.90 Å². The van der Waals surface area contributed by atoms with E-state index >= 15 is 0 Å². The summed E-state index contributed by atoms with van der Waals surface area (Å²) < 4.78 is 0. The Morgan fingerprint density at radius 3 is 2.35 bits per heavy atom. The first-order valence-corrected chi connectivity index (χ1v) is 6.48. The predicted molar refractivity (Wildman–Crippen MR) is 74.5 cm³/mol. The molecule has 3 rings (SSSR count). The van der Waals surface area contributed by atoms with Crippen LogP contribution < -0.4 is 0 Å². The van der Waals surface area contributed by atoms with Gasteiger partial charge >= 0.3 is 5.97 Å². The summed E-state index contributed by atoms with van der Waals surface area (Å²) in [5.41, 5.74) is 3.48. The van der Waals surface area contributed by atoms with Crippen molar-refractivity contribution in [3.05, 3.63) is 64.7 Å². The van der Waals surface area contributed by atoms with Crippen molar-refractivity contribution in [3.63, 3.8) is 0 Å². The van der Waals surface area contributed by atoms with Gasteiger partial charge in [0, 0.05) is 19.6 Å². The van der Waals surface area contributed by atoms with Gasteiger partial charge in [-0.1, -0.05) is 30.3 Å². The van der Waals surface area contributed by atoms with Gasteiger partial charge in [-0.05, 0) is 28.8 Å². The number of phenolic OH excluding ortho intramolecular Hbond substituents is 1. The average Bonchev–Trinajstić information content (AvgIpc) is 2.82.